The molecule has 192 valence electrons. The second-order valence-electron chi connectivity index (χ2n) is 11.0. The molecule has 0 bridgehead atoms. The van der Waals surface area contributed by atoms with Crippen LogP contribution in [0, 0.1) is 5.92 Å². The second kappa shape index (κ2) is 9.98. The van der Waals surface area contributed by atoms with Crippen LogP contribution >= 0.6 is 0 Å². The van der Waals surface area contributed by atoms with Crippen molar-refractivity contribution in [3.05, 3.63) is 65.7 Å². The topological polar surface area (TPSA) is 59.1 Å². The van der Waals surface area contributed by atoms with Crippen molar-refractivity contribution in [1.82, 2.24) is 9.80 Å². The molecule has 1 saturated heterocycles. The summed E-state index contributed by atoms with van der Waals surface area (Å²) in [5, 5.41) is 0. The lowest BCUT2D eigenvalue weighted by atomic mass is 9.55. The van der Waals surface area contributed by atoms with Gasteiger partial charge in [0.05, 0.1) is 5.60 Å². The van der Waals surface area contributed by atoms with Gasteiger partial charge in [-0.2, -0.15) is 0 Å². The minimum atomic E-state index is -0.359. The number of piperidine rings is 1. The Kier molecular flexibility index (Phi) is 6.92. The minimum Gasteiger partial charge on any atom is -0.427 e. The monoisotopic (exact) mass is 490 g/mol. The number of hydrogen-bond donors (Lipinski definition) is 0. The molecule has 3 atom stereocenters. The van der Waals surface area contributed by atoms with Crippen LogP contribution in [0.4, 0.5) is 0 Å². The number of hydrogen-bond acceptors (Lipinski definition) is 5. The first kappa shape index (κ1) is 25.0. The van der Waals surface area contributed by atoms with Gasteiger partial charge >= 0.3 is 5.97 Å². The molecule has 2 aromatic carbocycles. The van der Waals surface area contributed by atoms with Gasteiger partial charge < -0.3 is 19.3 Å². The maximum Gasteiger partial charge on any atom is 0.308 e. The van der Waals surface area contributed by atoms with Crippen LogP contribution in [-0.4, -0.2) is 67.1 Å². The van der Waals surface area contributed by atoms with Crippen LogP contribution in [0.15, 0.2) is 54.6 Å². The second-order valence-corrected chi connectivity index (χ2v) is 11.0. The van der Waals surface area contributed by atoms with Crippen molar-refractivity contribution in [3.8, 4) is 5.75 Å². The van der Waals surface area contributed by atoms with Gasteiger partial charge in [-0.05, 0) is 80.8 Å². The van der Waals surface area contributed by atoms with Crippen LogP contribution in [0.1, 0.15) is 61.4 Å². The molecular formula is C30H38N2O4. The quantitative estimate of drug-likeness (QED) is 0.417. The van der Waals surface area contributed by atoms with Crippen molar-refractivity contribution >= 4 is 11.9 Å². The van der Waals surface area contributed by atoms with Crippen molar-refractivity contribution in [2.45, 2.75) is 62.5 Å². The van der Waals surface area contributed by atoms with Crippen LogP contribution in [0.25, 0.3) is 0 Å². The molecule has 6 heteroatoms. The summed E-state index contributed by atoms with van der Waals surface area (Å²) < 4.78 is 12.0. The third kappa shape index (κ3) is 4.69. The van der Waals surface area contributed by atoms with Crippen LogP contribution in [0.3, 0.4) is 0 Å². The molecule has 3 aliphatic rings. The fourth-order valence-corrected chi connectivity index (χ4v) is 6.69. The Hall–Kier alpha value is -2.70. The van der Waals surface area contributed by atoms with E-state index >= 15 is 0 Å². The fraction of sp³-hybridized carbons (Fsp3) is 0.533. The summed E-state index contributed by atoms with van der Waals surface area (Å²) in [4.78, 5) is 29.6. The van der Waals surface area contributed by atoms with Gasteiger partial charge in [0.1, 0.15) is 5.75 Å². The Morgan fingerprint density at radius 1 is 1.06 bits per heavy atom. The van der Waals surface area contributed by atoms with Gasteiger partial charge in [-0.1, -0.05) is 30.3 Å². The van der Waals surface area contributed by atoms with Crippen LogP contribution in [0.5, 0.6) is 5.75 Å². The van der Waals surface area contributed by atoms with Crippen molar-refractivity contribution in [1.29, 1.82) is 0 Å². The third-order valence-corrected chi connectivity index (χ3v) is 8.81. The first-order chi connectivity index (χ1) is 17.4. The van der Waals surface area contributed by atoms with Crippen molar-refractivity contribution in [2.75, 3.05) is 33.8 Å². The zero-order chi connectivity index (χ0) is 25.3. The Labute approximate surface area is 214 Å². The fourth-order valence-electron chi connectivity index (χ4n) is 6.69. The Morgan fingerprint density at radius 3 is 2.53 bits per heavy atom. The van der Waals surface area contributed by atoms with Gasteiger partial charge in [-0.3, -0.25) is 9.59 Å². The zero-order valence-corrected chi connectivity index (χ0v) is 21.7. The van der Waals surface area contributed by atoms with Gasteiger partial charge in [0.2, 0.25) is 0 Å². The van der Waals surface area contributed by atoms with Crippen LogP contribution < -0.4 is 4.74 Å². The van der Waals surface area contributed by atoms with Gasteiger partial charge in [0, 0.05) is 51.2 Å². The van der Waals surface area contributed by atoms with Crippen molar-refractivity contribution in [3.63, 3.8) is 0 Å². The van der Waals surface area contributed by atoms with Gasteiger partial charge in [-0.25, -0.2) is 0 Å². The number of fused-ring (bicyclic) bond motifs is 1. The highest BCUT2D eigenvalue weighted by Gasteiger charge is 2.59. The zero-order valence-electron chi connectivity index (χ0n) is 21.7. The highest BCUT2D eigenvalue weighted by molar-refractivity contribution is 5.94. The Morgan fingerprint density at radius 2 is 1.83 bits per heavy atom. The number of carbonyl (C=O) groups excluding carboxylic acids is 2. The molecule has 0 radical (unpaired) electrons. The molecule has 2 saturated carbocycles. The van der Waals surface area contributed by atoms with Crippen LogP contribution in [0.2, 0.25) is 0 Å². The number of carbonyl (C=O) groups is 2. The smallest absolute Gasteiger partial charge is 0.308 e. The van der Waals surface area contributed by atoms with E-state index in [-0.39, 0.29) is 28.9 Å². The first-order valence-electron chi connectivity index (χ1n) is 13.2. The summed E-state index contributed by atoms with van der Waals surface area (Å²) in [5.41, 5.74) is 1.21. The molecule has 6 nitrogen and oxygen atoms in total. The molecule has 0 N–H and O–H groups in total. The van der Waals surface area contributed by atoms with E-state index in [1.54, 1.807) is 0 Å². The molecule has 2 aliphatic carbocycles. The van der Waals surface area contributed by atoms with Gasteiger partial charge in [0.25, 0.3) is 5.91 Å². The van der Waals surface area contributed by atoms with E-state index in [2.05, 4.69) is 11.0 Å². The highest BCUT2D eigenvalue weighted by atomic mass is 16.5. The highest BCUT2D eigenvalue weighted by Crippen LogP contribution is 2.55. The molecule has 1 aliphatic heterocycles. The van der Waals surface area contributed by atoms with E-state index in [0.29, 0.717) is 11.3 Å². The van der Waals surface area contributed by atoms with Gasteiger partial charge in [0.15, 0.2) is 0 Å². The lowest BCUT2D eigenvalue weighted by molar-refractivity contribution is -0.153. The van der Waals surface area contributed by atoms with E-state index in [0.717, 1.165) is 56.8 Å². The van der Waals surface area contributed by atoms with Crippen molar-refractivity contribution < 1.29 is 19.1 Å². The van der Waals surface area contributed by atoms with Crippen molar-refractivity contribution in [2.24, 2.45) is 5.92 Å². The van der Waals surface area contributed by atoms with Crippen LogP contribution in [-0.2, 0) is 14.9 Å². The average Bonchev–Trinajstić information content (AvgIpc) is 3.71. The molecule has 0 aromatic heterocycles. The summed E-state index contributed by atoms with van der Waals surface area (Å²) in [7, 11) is 3.79. The number of esters is 1. The lowest BCUT2D eigenvalue weighted by Crippen LogP contribution is -2.68. The summed E-state index contributed by atoms with van der Waals surface area (Å²) in [6.45, 7) is 4.47. The predicted octanol–water partition coefficient (Wildman–Crippen LogP) is 4.68. The number of nitrogens with zero attached hydrogens (tertiary/aromatic N) is 2. The molecule has 0 unspecified atom stereocenters. The maximum absolute atomic E-state index is 13.4. The van der Waals surface area contributed by atoms with E-state index in [1.807, 2.05) is 67.6 Å². The molecule has 2 aromatic rings. The molecule has 1 amide bonds. The Balaban J connectivity index is 1.50. The number of amides is 1. The molecule has 1 heterocycles. The SMILES string of the molecule is CO[C@]12CC[C@H](N(C)C(=O)c3ccccc3)C[C@]1(c1cccc(OC(C)=O)c1)CCN(CC1CC1)C2. The summed E-state index contributed by atoms with van der Waals surface area (Å²) in [6.07, 6.45) is 6.20. The number of rotatable bonds is 7. The molecule has 36 heavy (non-hydrogen) atoms. The van der Waals surface area contributed by atoms with E-state index < -0.39 is 0 Å². The summed E-state index contributed by atoms with van der Waals surface area (Å²) in [6, 6.07) is 17.6. The Bertz CT molecular complexity index is 1100. The van der Waals surface area contributed by atoms with Gasteiger partial charge in [-0.15, -0.1) is 0 Å². The molecular weight excluding hydrogens is 452 g/mol. The average molecular weight is 491 g/mol. The molecule has 3 fully saturated rings. The largest absolute Gasteiger partial charge is 0.427 e. The third-order valence-electron chi connectivity index (χ3n) is 8.81. The summed E-state index contributed by atoms with van der Waals surface area (Å²) >= 11 is 0. The maximum atomic E-state index is 13.4. The predicted molar refractivity (Wildman–Crippen MR) is 139 cm³/mol. The number of methoxy groups -OCH3 is 1. The number of ether oxygens (including phenoxy) is 2. The normalized spacial score (nSPS) is 28.2. The lowest BCUT2D eigenvalue weighted by Gasteiger charge is -2.60. The first-order valence-corrected chi connectivity index (χ1v) is 13.2. The standard InChI is InChI=1S/C30H38N2O4/c1-22(33)36-27-11-7-10-25(18-27)29-16-17-32(20-23-12-13-23)21-30(29,35-3)15-14-26(19-29)31(2)28(34)24-8-5-4-6-9-24/h4-11,18,23,26H,12-17,19-21H2,1-3H3/t26-,29-,30-/m0/s1. The van der Waals surface area contributed by atoms with E-state index in [1.165, 1.54) is 19.8 Å². The summed E-state index contributed by atoms with van der Waals surface area (Å²) in [5.74, 6) is 1.12. The molecule has 5 rings (SSSR count). The number of likely N-dealkylation sites (tertiary alicyclic amines) is 1. The van der Waals surface area contributed by atoms with E-state index in [9.17, 15) is 9.59 Å². The minimum absolute atomic E-state index is 0.0560. The number of benzene rings is 2. The molecule has 0 spiro atoms. The van der Waals surface area contributed by atoms with E-state index in [4.69, 9.17) is 9.47 Å².